The minimum absolute atomic E-state index is 0. The molecule has 5 N–H and O–H groups in total. The SMILES string of the molecule is COc1cc(C)c(S(=O)(=O)NC(N)=NCCCC(N)C(=O)S2=CC=CN2c2ccccc2)c(C)c1C.Cl. The van der Waals surface area contributed by atoms with Crippen LogP contribution in [0.3, 0.4) is 0 Å². The van der Waals surface area contributed by atoms with Gasteiger partial charge in [0, 0.05) is 12.7 Å². The van der Waals surface area contributed by atoms with Crippen LogP contribution in [-0.2, 0) is 14.8 Å². The lowest BCUT2D eigenvalue weighted by molar-refractivity contribution is -0.112. The fraction of sp³-hybridized carbons (Fsp3) is 0.320. The second-order valence-corrected chi connectivity index (χ2v) is 11.7. The number of benzene rings is 2. The summed E-state index contributed by atoms with van der Waals surface area (Å²) in [5, 5.41) is 1.78. The molecule has 0 aliphatic carbocycles. The van der Waals surface area contributed by atoms with Crippen molar-refractivity contribution in [2.24, 2.45) is 16.5 Å². The van der Waals surface area contributed by atoms with E-state index in [0.29, 0.717) is 29.7 Å². The maximum absolute atomic E-state index is 13.0. The Balaban J connectivity index is 0.00000481. The fourth-order valence-electron chi connectivity index (χ4n) is 3.91. The zero-order valence-corrected chi connectivity index (χ0v) is 23.8. The van der Waals surface area contributed by atoms with E-state index < -0.39 is 26.7 Å². The standard InChI is InChI=1S/C25H33N5O4S2.ClH/c1-17-16-22(34-4)18(2)19(3)23(17)36(32,33)29-25(27)28-13-8-12-21(26)24(31)35-15-9-14-30(35)20-10-6-5-7-11-20;/h5-7,9-11,14-16,21H,8,12-13,26H2,1-4H3,(H3,27,28,29);1H. The zero-order valence-electron chi connectivity index (χ0n) is 21.3. The summed E-state index contributed by atoms with van der Waals surface area (Å²) in [6.45, 7) is 5.45. The number of methoxy groups -OCH3 is 1. The number of carbonyl (C=O) groups excluding carboxylic acids is 1. The number of halogens is 1. The lowest BCUT2D eigenvalue weighted by atomic mass is 10.1. The Bertz CT molecular complexity index is 1330. The van der Waals surface area contributed by atoms with Crippen molar-refractivity contribution < 1.29 is 17.9 Å². The van der Waals surface area contributed by atoms with Crippen LogP contribution in [-0.4, -0.2) is 44.6 Å². The van der Waals surface area contributed by atoms with Crippen LogP contribution in [0.1, 0.15) is 29.5 Å². The highest BCUT2D eigenvalue weighted by Crippen LogP contribution is 2.33. The predicted molar refractivity (Wildman–Crippen MR) is 155 cm³/mol. The number of hydrogen-bond donors (Lipinski definition) is 3. The summed E-state index contributed by atoms with van der Waals surface area (Å²) in [5.41, 5.74) is 14.8. The molecule has 1 heterocycles. The van der Waals surface area contributed by atoms with Crippen molar-refractivity contribution in [2.75, 3.05) is 18.0 Å². The van der Waals surface area contributed by atoms with E-state index in [2.05, 4.69) is 9.71 Å². The van der Waals surface area contributed by atoms with E-state index in [1.54, 1.807) is 33.9 Å². The van der Waals surface area contributed by atoms with Crippen LogP contribution in [0, 0.1) is 20.8 Å². The van der Waals surface area contributed by atoms with Crippen LogP contribution in [0.25, 0.3) is 0 Å². The summed E-state index contributed by atoms with van der Waals surface area (Å²) in [4.78, 5) is 17.2. The maximum atomic E-state index is 13.0. The van der Waals surface area contributed by atoms with Gasteiger partial charge < -0.3 is 16.2 Å². The molecule has 0 fully saturated rings. The number of anilines is 1. The number of aryl methyl sites for hydroxylation is 1. The molecule has 2 aromatic carbocycles. The summed E-state index contributed by atoms with van der Waals surface area (Å²) in [5.74, 6) is 0.405. The molecular formula is C25H34ClN5O4S2. The molecule has 37 heavy (non-hydrogen) atoms. The molecule has 0 saturated heterocycles. The number of ether oxygens (including phenoxy) is 1. The quantitative estimate of drug-likeness (QED) is 0.183. The first kappa shape index (κ1) is 30.4. The van der Waals surface area contributed by atoms with Crippen molar-refractivity contribution in [3.05, 3.63) is 65.4 Å². The number of para-hydroxylation sites is 1. The van der Waals surface area contributed by atoms with Gasteiger partial charge >= 0.3 is 0 Å². The first-order valence-electron chi connectivity index (χ1n) is 11.4. The molecule has 0 aromatic heterocycles. The number of nitrogens with zero attached hydrogens (tertiary/aromatic N) is 2. The molecule has 0 saturated carbocycles. The second kappa shape index (κ2) is 13.1. The minimum atomic E-state index is -3.93. The molecule has 12 heteroatoms. The Morgan fingerprint density at radius 1 is 1.19 bits per heavy atom. The van der Waals surface area contributed by atoms with Gasteiger partial charge in [-0.1, -0.05) is 18.2 Å². The Labute approximate surface area is 227 Å². The summed E-state index contributed by atoms with van der Waals surface area (Å²) in [7, 11) is -3.17. The third-order valence-electron chi connectivity index (χ3n) is 5.82. The molecule has 2 atom stereocenters. The van der Waals surface area contributed by atoms with Crippen molar-refractivity contribution in [1.82, 2.24) is 4.72 Å². The van der Waals surface area contributed by atoms with Gasteiger partial charge in [-0.15, -0.1) is 12.4 Å². The second-order valence-electron chi connectivity index (χ2n) is 8.37. The van der Waals surface area contributed by atoms with Crippen LogP contribution >= 0.6 is 23.1 Å². The highest BCUT2D eigenvalue weighted by atomic mass is 35.5. The normalized spacial score (nSPS) is 16.1. The van der Waals surface area contributed by atoms with E-state index >= 15 is 0 Å². The first-order valence-corrected chi connectivity index (χ1v) is 14.2. The summed E-state index contributed by atoms with van der Waals surface area (Å²) >= 11 is 0. The van der Waals surface area contributed by atoms with Crippen molar-refractivity contribution in [3.63, 3.8) is 0 Å². The monoisotopic (exact) mass is 567 g/mol. The van der Waals surface area contributed by atoms with Crippen LogP contribution in [0.4, 0.5) is 5.69 Å². The number of sulfonamides is 1. The zero-order chi connectivity index (χ0) is 26.5. The van der Waals surface area contributed by atoms with E-state index in [1.165, 1.54) is 0 Å². The number of guanidine groups is 1. The number of rotatable bonds is 9. The van der Waals surface area contributed by atoms with Gasteiger partial charge in [-0.05, 0) is 90.6 Å². The van der Waals surface area contributed by atoms with Gasteiger partial charge in [-0.3, -0.25) is 14.1 Å². The van der Waals surface area contributed by atoms with E-state index in [-0.39, 0.29) is 34.9 Å². The molecule has 1 aliphatic rings. The van der Waals surface area contributed by atoms with Gasteiger partial charge in [-0.2, -0.15) is 0 Å². The lowest BCUT2D eigenvalue weighted by Crippen LogP contribution is -2.37. The largest absolute Gasteiger partial charge is 0.496 e. The third-order valence-corrected chi connectivity index (χ3v) is 9.35. The van der Waals surface area contributed by atoms with Gasteiger partial charge in [0.2, 0.25) is 11.1 Å². The van der Waals surface area contributed by atoms with Crippen molar-refractivity contribution in [2.45, 2.75) is 44.6 Å². The minimum Gasteiger partial charge on any atom is -0.496 e. The molecule has 1 aliphatic heterocycles. The van der Waals surface area contributed by atoms with Gasteiger partial charge in [0.15, 0.2) is 0 Å². The molecule has 2 unspecified atom stereocenters. The predicted octanol–water partition coefficient (Wildman–Crippen LogP) is 3.29. The molecule has 0 spiro atoms. The number of hydrogen-bond acceptors (Lipinski definition) is 7. The highest BCUT2D eigenvalue weighted by Gasteiger charge is 2.25. The highest BCUT2D eigenvalue weighted by molar-refractivity contribution is 8.29. The lowest BCUT2D eigenvalue weighted by Gasteiger charge is -2.22. The maximum Gasteiger partial charge on any atom is 0.264 e. The number of allylic oxidation sites excluding steroid dienone is 1. The van der Waals surface area contributed by atoms with Gasteiger partial charge in [0.1, 0.15) is 5.75 Å². The van der Waals surface area contributed by atoms with Gasteiger partial charge in [0.25, 0.3) is 10.0 Å². The summed E-state index contributed by atoms with van der Waals surface area (Å²) < 4.78 is 35.5. The number of carbonyl (C=O) groups is 1. The molecule has 2 aromatic rings. The van der Waals surface area contributed by atoms with Gasteiger partial charge in [-0.25, -0.2) is 13.1 Å². The summed E-state index contributed by atoms with van der Waals surface area (Å²) in [6, 6.07) is 10.7. The van der Waals surface area contributed by atoms with E-state index in [1.807, 2.05) is 52.3 Å². The van der Waals surface area contributed by atoms with Crippen molar-refractivity contribution in [3.8, 4) is 5.75 Å². The Morgan fingerprint density at radius 2 is 1.86 bits per heavy atom. The Morgan fingerprint density at radius 3 is 2.51 bits per heavy atom. The van der Waals surface area contributed by atoms with E-state index in [4.69, 9.17) is 16.2 Å². The molecule has 9 nitrogen and oxygen atoms in total. The fourth-order valence-corrected chi connectivity index (χ4v) is 7.05. The molecule has 202 valence electrons. The summed E-state index contributed by atoms with van der Waals surface area (Å²) in [6.07, 6.45) is 4.60. The van der Waals surface area contributed by atoms with E-state index in [0.717, 1.165) is 11.3 Å². The Hall–Kier alpha value is -2.86. The van der Waals surface area contributed by atoms with Crippen LogP contribution in [0.5, 0.6) is 5.75 Å². The average Bonchev–Trinajstić information content (AvgIpc) is 3.33. The smallest absolute Gasteiger partial charge is 0.264 e. The number of nitrogens with two attached hydrogens (primary N) is 2. The molecule has 0 radical (unpaired) electrons. The van der Waals surface area contributed by atoms with E-state index in [9.17, 15) is 13.2 Å². The third kappa shape index (κ3) is 7.13. The Kier molecular flexibility index (Phi) is 10.7. The molecular weight excluding hydrogens is 534 g/mol. The molecule has 0 amide bonds. The van der Waals surface area contributed by atoms with Crippen LogP contribution in [0.2, 0.25) is 0 Å². The molecule has 3 rings (SSSR count). The topological polar surface area (TPSA) is 140 Å². The first-order chi connectivity index (χ1) is 17.1. The van der Waals surface area contributed by atoms with Crippen molar-refractivity contribution >= 4 is 55.2 Å². The van der Waals surface area contributed by atoms with Crippen LogP contribution in [0.15, 0.2) is 58.6 Å². The van der Waals surface area contributed by atoms with Gasteiger partial charge in [0.05, 0.1) is 23.7 Å². The molecule has 0 bridgehead atoms. The van der Waals surface area contributed by atoms with Crippen molar-refractivity contribution in [1.29, 1.82) is 0 Å². The number of aliphatic imine (C=N–C) groups is 1. The average molecular weight is 568 g/mol. The van der Waals surface area contributed by atoms with Crippen LogP contribution < -0.4 is 25.2 Å². The number of nitrogens with one attached hydrogen (secondary N) is 1.